The molecule has 2 aromatic heterocycles. The lowest BCUT2D eigenvalue weighted by molar-refractivity contribution is 0.340. The van der Waals surface area contributed by atoms with Gasteiger partial charge in [-0.05, 0) is 44.0 Å². The maximum Gasteiger partial charge on any atom is 0.332 e. The van der Waals surface area contributed by atoms with Crippen LogP contribution in [0.2, 0.25) is 0 Å². The summed E-state index contributed by atoms with van der Waals surface area (Å²) in [6.45, 7) is 6.45. The first-order valence-electron chi connectivity index (χ1n) is 9.77. The Morgan fingerprint density at radius 2 is 1.86 bits per heavy atom. The van der Waals surface area contributed by atoms with Gasteiger partial charge in [-0.2, -0.15) is 4.98 Å². The fourth-order valence-corrected chi connectivity index (χ4v) is 3.82. The zero-order valence-corrected chi connectivity index (χ0v) is 16.5. The number of nitrogens with zero attached hydrogens (tertiary/aromatic N) is 5. The van der Waals surface area contributed by atoms with E-state index in [-0.39, 0.29) is 11.2 Å². The fraction of sp³-hybridized carbons (Fsp3) is 0.450. The van der Waals surface area contributed by atoms with Gasteiger partial charge in [0.2, 0.25) is 5.95 Å². The predicted molar refractivity (Wildman–Crippen MR) is 109 cm³/mol. The molecule has 0 aliphatic carbocycles. The second-order valence-corrected chi connectivity index (χ2v) is 6.97. The summed E-state index contributed by atoms with van der Waals surface area (Å²) in [4.78, 5) is 32.4. The summed E-state index contributed by atoms with van der Waals surface area (Å²) < 4.78 is 10.3. The van der Waals surface area contributed by atoms with E-state index in [2.05, 4.69) is 4.90 Å². The van der Waals surface area contributed by atoms with Crippen LogP contribution in [0.25, 0.3) is 11.2 Å². The van der Waals surface area contributed by atoms with E-state index >= 15 is 0 Å². The number of fused-ring (bicyclic) bond motifs is 3. The molecule has 0 spiro atoms. The van der Waals surface area contributed by atoms with Crippen LogP contribution in [-0.2, 0) is 20.1 Å². The standard InChI is InChI=1S/C20H25N5O3/c1-4-11-25-18(26)16-17(22(3)20(25)27)21-19-23(12-6-13-24(16)19)14-7-9-15(10-8-14)28-5-2/h7-10H,4-6,11-13H2,1-3H3. The van der Waals surface area contributed by atoms with Crippen molar-refractivity contribution in [2.24, 2.45) is 7.05 Å². The average Bonchev–Trinajstić information content (AvgIpc) is 3.10. The maximum atomic E-state index is 13.0. The van der Waals surface area contributed by atoms with Crippen LogP contribution in [0.4, 0.5) is 11.6 Å². The molecule has 1 aliphatic heterocycles. The van der Waals surface area contributed by atoms with Crippen molar-refractivity contribution in [3.05, 3.63) is 45.1 Å². The quantitative estimate of drug-likeness (QED) is 0.676. The molecule has 0 atom stereocenters. The summed E-state index contributed by atoms with van der Waals surface area (Å²) in [5, 5.41) is 0. The molecule has 0 saturated heterocycles. The van der Waals surface area contributed by atoms with E-state index in [9.17, 15) is 9.59 Å². The zero-order chi connectivity index (χ0) is 19.8. The van der Waals surface area contributed by atoms with Crippen LogP contribution in [0, 0.1) is 0 Å². The summed E-state index contributed by atoms with van der Waals surface area (Å²) in [7, 11) is 1.68. The number of aromatic nitrogens is 4. The van der Waals surface area contributed by atoms with Crippen molar-refractivity contribution in [3.8, 4) is 5.75 Å². The minimum Gasteiger partial charge on any atom is -0.494 e. The van der Waals surface area contributed by atoms with Crippen molar-refractivity contribution in [3.63, 3.8) is 0 Å². The molecule has 28 heavy (non-hydrogen) atoms. The molecular weight excluding hydrogens is 358 g/mol. The third kappa shape index (κ3) is 2.80. The van der Waals surface area contributed by atoms with Gasteiger partial charge in [-0.1, -0.05) is 6.92 Å². The Balaban J connectivity index is 1.88. The van der Waals surface area contributed by atoms with Crippen LogP contribution in [0.15, 0.2) is 33.9 Å². The van der Waals surface area contributed by atoms with E-state index in [0.717, 1.165) is 30.8 Å². The lowest BCUT2D eigenvalue weighted by atomic mass is 10.2. The molecule has 0 N–H and O–H groups in total. The number of anilines is 2. The Bertz CT molecular complexity index is 1120. The highest BCUT2D eigenvalue weighted by Crippen LogP contribution is 2.31. The van der Waals surface area contributed by atoms with E-state index in [1.54, 1.807) is 7.05 Å². The molecule has 8 nitrogen and oxygen atoms in total. The van der Waals surface area contributed by atoms with Gasteiger partial charge >= 0.3 is 5.69 Å². The first kappa shape index (κ1) is 18.3. The Kier molecular flexibility index (Phi) is 4.70. The van der Waals surface area contributed by atoms with Crippen LogP contribution in [0.5, 0.6) is 5.75 Å². The molecule has 0 radical (unpaired) electrons. The molecule has 148 valence electrons. The van der Waals surface area contributed by atoms with Gasteiger partial charge in [0.15, 0.2) is 11.2 Å². The second-order valence-electron chi connectivity index (χ2n) is 6.97. The molecule has 8 heteroatoms. The van der Waals surface area contributed by atoms with Crippen LogP contribution < -0.4 is 20.9 Å². The summed E-state index contributed by atoms with van der Waals surface area (Å²) in [6, 6.07) is 7.86. The summed E-state index contributed by atoms with van der Waals surface area (Å²) in [5.41, 5.74) is 1.35. The molecule has 1 aromatic carbocycles. The van der Waals surface area contributed by atoms with Gasteiger partial charge in [0.05, 0.1) is 6.61 Å². The number of ether oxygens (including phenoxy) is 1. The number of rotatable bonds is 5. The smallest absolute Gasteiger partial charge is 0.332 e. The van der Waals surface area contributed by atoms with E-state index in [1.165, 1.54) is 9.13 Å². The summed E-state index contributed by atoms with van der Waals surface area (Å²) >= 11 is 0. The van der Waals surface area contributed by atoms with Gasteiger partial charge in [0, 0.05) is 32.4 Å². The van der Waals surface area contributed by atoms with Gasteiger partial charge in [0.1, 0.15) is 5.75 Å². The molecule has 3 heterocycles. The number of benzene rings is 1. The van der Waals surface area contributed by atoms with Crippen molar-refractivity contribution in [2.45, 2.75) is 39.8 Å². The van der Waals surface area contributed by atoms with E-state index in [1.807, 2.05) is 42.7 Å². The Morgan fingerprint density at radius 3 is 2.54 bits per heavy atom. The minimum absolute atomic E-state index is 0.257. The van der Waals surface area contributed by atoms with Crippen molar-refractivity contribution in [1.82, 2.24) is 18.7 Å². The minimum atomic E-state index is -0.317. The van der Waals surface area contributed by atoms with Crippen molar-refractivity contribution in [1.29, 1.82) is 0 Å². The van der Waals surface area contributed by atoms with E-state index < -0.39 is 0 Å². The molecule has 0 bridgehead atoms. The molecule has 1 aliphatic rings. The highest BCUT2D eigenvalue weighted by Gasteiger charge is 2.26. The number of imidazole rings is 1. The molecule has 0 saturated carbocycles. The lowest BCUT2D eigenvalue weighted by Crippen LogP contribution is -2.39. The maximum absolute atomic E-state index is 13.0. The van der Waals surface area contributed by atoms with E-state index in [4.69, 9.17) is 9.72 Å². The van der Waals surface area contributed by atoms with Crippen LogP contribution in [0.1, 0.15) is 26.7 Å². The number of hydrogen-bond acceptors (Lipinski definition) is 5. The third-order valence-electron chi connectivity index (χ3n) is 5.12. The largest absolute Gasteiger partial charge is 0.494 e. The zero-order valence-electron chi connectivity index (χ0n) is 16.5. The van der Waals surface area contributed by atoms with Crippen molar-refractivity contribution < 1.29 is 4.74 Å². The molecular formula is C20H25N5O3. The topological polar surface area (TPSA) is 74.3 Å². The monoisotopic (exact) mass is 383 g/mol. The van der Waals surface area contributed by atoms with Gasteiger partial charge in [-0.3, -0.25) is 13.9 Å². The summed E-state index contributed by atoms with van der Waals surface area (Å²) in [5.74, 6) is 1.52. The van der Waals surface area contributed by atoms with Gasteiger partial charge in [-0.15, -0.1) is 0 Å². The second kappa shape index (κ2) is 7.18. The molecule has 0 unspecified atom stereocenters. The SMILES string of the molecule is CCCn1c(=O)c2c(nc3n2CCCN3c2ccc(OCC)cc2)n(C)c1=O. The molecule has 0 fully saturated rings. The normalized spacial score (nSPS) is 13.8. The average molecular weight is 383 g/mol. The first-order chi connectivity index (χ1) is 13.6. The Labute approximate surface area is 162 Å². The third-order valence-corrected chi connectivity index (χ3v) is 5.12. The van der Waals surface area contributed by atoms with Crippen LogP contribution >= 0.6 is 0 Å². The highest BCUT2D eigenvalue weighted by molar-refractivity contribution is 5.77. The van der Waals surface area contributed by atoms with E-state index in [0.29, 0.717) is 36.8 Å². The first-order valence-corrected chi connectivity index (χ1v) is 9.77. The van der Waals surface area contributed by atoms with Crippen LogP contribution in [0.3, 0.4) is 0 Å². The highest BCUT2D eigenvalue weighted by atomic mass is 16.5. The van der Waals surface area contributed by atoms with Gasteiger partial charge in [0.25, 0.3) is 5.56 Å². The Hall–Kier alpha value is -3.03. The molecule has 3 aromatic rings. The van der Waals surface area contributed by atoms with Crippen molar-refractivity contribution in [2.75, 3.05) is 18.1 Å². The van der Waals surface area contributed by atoms with Gasteiger partial charge < -0.3 is 14.2 Å². The number of aryl methyl sites for hydroxylation is 2. The lowest BCUT2D eigenvalue weighted by Gasteiger charge is -2.29. The molecule has 0 amide bonds. The van der Waals surface area contributed by atoms with Gasteiger partial charge in [-0.25, -0.2) is 4.79 Å². The summed E-state index contributed by atoms with van der Waals surface area (Å²) in [6.07, 6.45) is 1.61. The predicted octanol–water partition coefficient (Wildman–Crippen LogP) is 2.25. The Morgan fingerprint density at radius 1 is 1.11 bits per heavy atom. The van der Waals surface area contributed by atoms with Crippen LogP contribution in [-0.4, -0.2) is 31.8 Å². The number of hydrogen-bond donors (Lipinski definition) is 0. The molecule has 4 rings (SSSR count). The fourth-order valence-electron chi connectivity index (χ4n) is 3.82. The van der Waals surface area contributed by atoms with Crippen molar-refractivity contribution >= 4 is 22.8 Å².